The quantitative estimate of drug-likeness (QED) is 0.912. The molecule has 2 aliphatic heterocycles. The maximum Gasteiger partial charge on any atom is 0.280 e. The number of nitrogens with one attached hydrogen (secondary N) is 1. The monoisotopic (exact) mass is 332 g/mol. The Balaban J connectivity index is 1.81. The molecule has 21 heavy (non-hydrogen) atoms. The van der Waals surface area contributed by atoms with E-state index in [1.54, 1.807) is 12.1 Å². The van der Waals surface area contributed by atoms with Crippen LogP contribution in [0.15, 0.2) is 23.1 Å². The van der Waals surface area contributed by atoms with Crippen molar-refractivity contribution < 1.29 is 17.5 Å². The molecule has 1 atom stereocenters. The van der Waals surface area contributed by atoms with Crippen LogP contribution in [0.1, 0.15) is 18.0 Å². The van der Waals surface area contributed by atoms with Gasteiger partial charge in [0.2, 0.25) is 0 Å². The number of morpholine rings is 1. The van der Waals surface area contributed by atoms with E-state index >= 15 is 0 Å². The smallest absolute Gasteiger partial charge is 0.280 e. The van der Waals surface area contributed by atoms with E-state index < -0.39 is 10.2 Å². The van der Waals surface area contributed by atoms with Crippen molar-refractivity contribution in [2.24, 2.45) is 0 Å². The van der Waals surface area contributed by atoms with Crippen LogP contribution in [0, 0.1) is 5.82 Å². The predicted octanol–water partition coefficient (Wildman–Crippen LogP) is 1.53. The highest BCUT2D eigenvalue weighted by atomic mass is 32.2. The number of nitrogens with zero attached hydrogens (tertiary/aromatic N) is 1. The summed E-state index contributed by atoms with van der Waals surface area (Å²) in [6.45, 7) is 1.53. The molecule has 1 aromatic rings. The van der Waals surface area contributed by atoms with E-state index in [1.807, 2.05) is 0 Å². The zero-order chi connectivity index (χ0) is 14.9. The number of ether oxygens (including phenoxy) is 1. The van der Waals surface area contributed by atoms with Gasteiger partial charge in [-0.3, -0.25) is 0 Å². The van der Waals surface area contributed by atoms with E-state index in [0.717, 1.165) is 5.56 Å². The fourth-order valence-corrected chi connectivity index (χ4v) is 5.07. The molecule has 1 saturated heterocycles. The fraction of sp³-hybridized carbons (Fsp3) is 0.538. The molecule has 116 valence electrons. The Hall–Kier alpha value is -0.670. The molecule has 0 aliphatic carbocycles. The minimum atomic E-state index is -3.57. The number of halogens is 1. The van der Waals surface area contributed by atoms with Gasteiger partial charge in [0.25, 0.3) is 10.2 Å². The van der Waals surface area contributed by atoms with Crippen LogP contribution in [-0.4, -0.2) is 44.8 Å². The summed E-state index contributed by atoms with van der Waals surface area (Å²) < 4.78 is 47.9. The van der Waals surface area contributed by atoms with Gasteiger partial charge < -0.3 is 4.74 Å². The largest absolute Gasteiger partial charge is 0.379 e. The first-order valence-electron chi connectivity index (χ1n) is 6.84. The van der Waals surface area contributed by atoms with Gasteiger partial charge in [0, 0.05) is 24.0 Å². The number of rotatable bonds is 3. The molecule has 0 unspecified atom stereocenters. The van der Waals surface area contributed by atoms with Gasteiger partial charge in [-0.2, -0.15) is 17.4 Å². The number of hydrogen-bond donors (Lipinski definition) is 1. The van der Waals surface area contributed by atoms with Crippen LogP contribution in [0.3, 0.4) is 0 Å². The van der Waals surface area contributed by atoms with E-state index in [2.05, 4.69) is 4.72 Å². The number of fused-ring (bicyclic) bond motifs is 1. The van der Waals surface area contributed by atoms with Crippen molar-refractivity contribution in [3.63, 3.8) is 0 Å². The van der Waals surface area contributed by atoms with Crippen LogP contribution >= 0.6 is 11.8 Å². The van der Waals surface area contributed by atoms with Crippen LogP contribution in [0.25, 0.3) is 0 Å². The van der Waals surface area contributed by atoms with Gasteiger partial charge in [0.05, 0.1) is 13.2 Å². The zero-order valence-corrected chi connectivity index (χ0v) is 13.1. The average molecular weight is 332 g/mol. The summed E-state index contributed by atoms with van der Waals surface area (Å²) in [7, 11) is -3.57. The van der Waals surface area contributed by atoms with Gasteiger partial charge in [-0.1, -0.05) is 12.1 Å². The van der Waals surface area contributed by atoms with E-state index in [-0.39, 0.29) is 11.9 Å². The van der Waals surface area contributed by atoms with Gasteiger partial charge >= 0.3 is 0 Å². The highest BCUT2D eigenvalue weighted by molar-refractivity contribution is 7.99. The van der Waals surface area contributed by atoms with E-state index in [1.165, 1.54) is 22.1 Å². The average Bonchev–Trinajstić information content (AvgIpc) is 2.49. The summed E-state index contributed by atoms with van der Waals surface area (Å²) in [6.07, 6.45) is 0.657. The van der Waals surface area contributed by atoms with Crippen LogP contribution < -0.4 is 4.72 Å². The highest BCUT2D eigenvalue weighted by Gasteiger charge is 2.30. The maximum atomic E-state index is 13.8. The van der Waals surface area contributed by atoms with Crippen molar-refractivity contribution in [3.05, 3.63) is 29.6 Å². The Bertz CT molecular complexity index is 618. The van der Waals surface area contributed by atoms with Gasteiger partial charge in [-0.05, 0) is 23.8 Å². The minimum absolute atomic E-state index is 0.284. The second kappa shape index (κ2) is 6.21. The van der Waals surface area contributed by atoms with Crippen molar-refractivity contribution in [3.8, 4) is 0 Å². The van der Waals surface area contributed by atoms with Gasteiger partial charge in [0.15, 0.2) is 0 Å². The molecule has 0 spiro atoms. The van der Waals surface area contributed by atoms with Gasteiger partial charge in [-0.15, -0.1) is 11.8 Å². The Morgan fingerprint density at radius 1 is 1.33 bits per heavy atom. The lowest BCUT2D eigenvalue weighted by Gasteiger charge is -2.31. The zero-order valence-electron chi connectivity index (χ0n) is 11.4. The summed E-state index contributed by atoms with van der Waals surface area (Å²) in [5, 5.41) is 0. The summed E-state index contributed by atoms with van der Waals surface area (Å²) in [5.41, 5.74) is 0.725. The molecule has 5 nitrogen and oxygen atoms in total. The molecule has 0 radical (unpaired) electrons. The third kappa shape index (κ3) is 3.24. The Morgan fingerprint density at radius 3 is 2.86 bits per heavy atom. The third-order valence-electron chi connectivity index (χ3n) is 3.63. The topological polar surface area (TPSA) is 58.6 Å². The second-order valence-corrected chi connectivity index (χ2v) is 7.79. The maximum absolute atomic E-state index is 13.8. The first-order chi connectivity index (χ1) is 10.1. The van der Waals surface area contributed by atoms with E-state index in [0.29, 0.717) is 43.4 Å². The SMILES string of the molecule is O=S(=O)(N[C@H]1CCSc2c(F)cccc21)N1CCOCC1. The summed E-state index contributed by atoms with van der Waals surface area (Å²) in [5.74, 6) is 0.414. The van der Waals surface area contributed by atoms with E-state index in [4.69, 9.17) is 4.74 Å². The molecule has 1 N–H and O–H groups in total. The van der Waals surface area contributed by atoms with Crippen molar-refractivity contribution in [2.75, 3.05) is 32.1 Å². The van der Waals surface area contributed by atoms with Crippen molar-refractivity contribution >= 4 is 22.0 Å². The van der Waals surface area contributed by atoms with Crippen molar-refractivity contribution in [2.45, 2.75) is 17.4 Å². The molecule has 1 aromatic carbocycles. The van der Waals surface area contributed by atoms with Crippen LogP contribution in [0.4, 0.5) is 4.39 Å². The molecule has 0 amide bonds. The summed E-state index contributed by atoms with van der Waals surface area (Å²) >= 11 is 1.44. The molecule has 8 heteroatoms. The Labute approximate surface area is 128 Å². The highest BCUT2D eigenvalue weighted by Crippen LogP contribution is 2.38. The molecule has 0 aromatic heterocycles. The second-order valence-electron chi connectivity index (χ2n) is 4.98. The van der Waals surface area contributed by atoms with Crippen molar-refractivity contribution in [1.29, 1.82) is 0 Å². The number of hydrogen-bond acceptors (Lipinski definition) is 4. The first-order valence-corrected chi connectivity index (χ1v) is 9.27. The van der Waals surface area contributed by atoms with Crippen LogP contribution in [-0.2, 0) is 14.9 Å². The Kier molecular flexibility index (Phi) is 4.51. The molecule has 0 bridgehead atoms. The standard InChI is InChI=1S/C13H17FN2O3S2/c14-11-3-1-2-10-12(4-9-20-13(10)11)15-21(17,18)16-5-7-19-8-6-16/h1-3,12,15H,4-9H2/t12-/m0/s1. The lowest BCUT2D eigenvalue weighted by molar-refractivity contribution is 0.0723. The molecular weight excluding hydrogens is 315 g/mol. The molecule has 0 saturated carbocycles. The van der Waals surface area contributed by atoms with Crippen molar-refractivity contribution in [1.82, 2.24) is 9.03 Å². The molecule has 1 fully saturated rings. The van der Waals surface area contributed by atoms with Crippen LogP contribution in [0.2, 0.25) is 0 Å². The predicted molar refractivity (Wildman–Crippen MR) is 78.9 cm³/mol. The Morgan fingerprint density at radius 2 is 2.10 bits per heavy atom. The normalized spacial score (nSPS) is 23.8. The summed E-state index contributed by atoms with van der Waals surface area (Å²) in [4.78, 5) is 0.554. The molecular formula is C13H17FN2O3S2. The minimum Gasteiger partial charge on any atom is -0.379 e. The number of thioether (sulfide) groups is 1. The molecule has 2 aliphatic rings. The van der Waals surface area contributed by atoms with Gasteiger partial charge in [-0.25, -0.2) is 4.39 Å². The summed E-state index contributed by atoms with van der Waals surface area (Å²) in [6, 6.07) is 4.45. The first kappa shape index (κ1) is 15.2. The fourth-order valence-electron chi connectivity index (χ4n) is 2.55. The molecule has 2 heterocycles. The van der Waals surface area contributed by atoms with Gasteiger partial charge in [0.1, 0.15) is 5.82 Å². The lowest BCUT2D eigenvalue weighted by atomic mass is 10.0. The van der Waals surface area contributed by atoms with E-state index in [9.17, 15) is 12.8 Å². The lowest BCUT2D eigenvalue weighted by Crippen LogP contribution is -2.47. The van der Waals surface area contributed by atoms with Crippen LogP contribution in [0.5, 0.6) is 0 Å². The number of benzene rings is 1. The third-order valence-corrected chi connectivity index (χ3v) is 6.41. The molecule has 3 rings (SSSR count).